The van der Waals surface area contributed by atoms with Crippen LogP contribution in [0.2, 0.25) is 0 Å². The minimum absolute atomic E-state index is 0.797. The van der Waals surface area contributed by atoms with Crippen LogP contribution in [0.25, 0.3) is 0 Å². The minimum atomic E-state index is 0.797. The molecule has 0 aliphatic heterocycles. The largest absolute Gasteiger partial charge is 0.330 e. The van der Waals surface area contributed by atoms with E-state index in [2.05, 4.69) is 10.6 Å². The maximum Gasteiger partial charge on any atom is 0.0454 e. The summed E-state index contributed by atoms with van der Waals surface area (Å²) in [5.41, 5.74) is 10.7. The Kier molecular flexibility index (Phi) is 11.7. The molecule has 0 unspecified atom stereocenters. The molecule has 0 saturated carbocycles. The summed E-state index contributed by atoms with van der Waals surface area (Å²) in [7, 11) is 0. The van der Waals surface area contributed by atoms with Crippen molar-refractivity contribution in [3.8, 4) is 0 Å². The zero-order chi connectivity index (χ0) is 9.78. The Bertz CT molecular complexity index is 77.7. The van der Waals surface area contributed by atoms with Crippen molar-refractivity contribution in [3.63, 3.8) is 0 Å². The first kappa shape index (κ1) is 12.8. The third kappa shape index (κ3) is 11.8. The van der Waals surface area contributed by atoms with Crippen LogP contribution in [0.4, 0.5) is 0 Å². The molecule has 0 saturated heterocycles. The van der Waals surface area contributed by atoms with E-state index in [1.54, 1.807) is 0 Å². The van der Waals surface area contributed by atoms with E-state index in [9.17, 15) is 0 Å². The van der Waals surface area contributed by atoms with Crippen molar-refractivity contribution in [3.05, 3.63) is 0 Å². The van der Waals surface area contributed by atoms with Crippen LogP contribution in [-0.4, -0.2) is 32.8 Å². The number of nitrogens with two attached hydrogens (primary N) is 2. The fourth-order valence-electron chi connectivity index (χ4n) is 1.05. The number of hydrogen-bond acceptors (Lipinski definition) is 4. The highest BCUT2D eigenvalue weighted by atomic mass is 15.0. The van der Waals surface area contributed by atoms with Crippen molar-refractivity contribution < 1.29 is 0 Å². The molecule has 0 aliphatic carbocycles. The van der Waals surface area contributed by atoms with E-state index >= 15 is 0 Å². The third-order valence-corrected chi connectivity index (χ3v) is 1.87. The van der Waals surface area contributed by atoms with Gasteiger partial charge in [0, 0.05) is 6.67 Å². The Balaban J connectivity index is 2.76. The van der Waals surface area contributed by atoms with Gasteiger partial charge in [-0.25, -0.2) is 0 Å². The first-order valence-electron chi connectivity index (χ1n) is 5.23. The average Bonchev–Trinajstić information content (AvgIpc) is 2.16. The van der Waals surface area contributed by atoms with E-state index in [-0.39, 0.29) is 0 Å². The quantitative estimate of drug-likeness (QED) is 0.278. The SMILES string of the molecule is NCCCCNCNCCCCN. The molecule has 4 heteroatoms. The molecule has 0 fully saturated rings. The molecule has 0 bridgehead atoms. The second kappa shape index (κ2) is 11.8. The lowest BCUT2D eigenvalue weighted by atomic mass is 10.3. The Morgan fingerprint density at radius 2 is 1.15 bits per heavy atom. The number of rotatable bonds is 10. The van der Waals surface area contributed by atoms with Gasteiger partial charge in [-0.3, -0.25) is 0 Å². The van der Waals surface area contributed by atoms with Gasteiger partial charge in [0.05, 0.1) is 0 Å². The molecule has 0 aliphatic rings. The summed E-state index contributed by atoms with van der Waals surface area (Å²) in [6.45, 7) is 4.61. The lowest BCUT2D eigenvalue weighted by Gasteiger charge is -2.05. The van der Waals surface area contributed by atoms with E-state index in [1.165, 1.54) is 12.8 Å². The number of hydrogen-bond donors (Lipinski definition) is 4. The highest BCUT2D eigenvalue weighted by molar-refractivity contribution is 4.49. The van der Waals surface area contributed by atoms with E-state index in [0.717, 1.165) is 45.7 Å². The topological polar surface area (TPSA) is 76.1 Å². The summed E-state index contributed by atoms with van der Waals surface area (Å²) in [4.78, 5) is 0. The summed E-state index contributed by atoms with van der Waals surface area (Å²) in [6.07, 6.45) is 4.56. The van der Waals surface area contributed by atoms with Crippen LogP contribution < -0.4 is 22.1 Å². The zero-order valence-electron chi connectivity index (χ0n) is 8.52. The van der Waals surface area contributed by atoms with Crippen LogP contribution in [-0.2, 0) is 0 Å². The molecule has 0 heterocycles. The van der Waals surface area contributed by atoms with Gasteiger partial charge in [0.15, 0.2) is 0 Å². The van der Waals surface area contributed by atoms with Crippen LogP contribution in [0, 0.1) is 0 Å². The maximum absolute atomic E-state index is 5.37. The van der Waals surface area contributed by atoms with Crippen molar-refractivity contribution in [1.29, 1.82) is 0 Å². The predicted octanol–water partition coefficient (Wildman–Crippen LogP) is -0.399. The summed E-state index contributed by atoms with van der Waals surface area (Å²) in [5.74, 6) is 0. The maximum atomic E-state index is 5.37. The second-order valence-electron chi connectivity index (χ2n) is 3.17. The lowest BCUT2D eigenvalue weighted by molar-refractivity contribution is 0.546. The summed E-state index contributed by atoms with van der Waals surface area (Å²) in [5, 5.41) is 6.60. The molecular weight excluding hydrogens is 164 g/mol. The predicted molar refractivity (Wildman–Crippen MR) is 57.4 cm³/mol. The average molecular weight is 188 g/mol. The smallest absolute Gasteiger partial charge is 0.0454 e. The Hall–Kier alpha value is -0.160. The third-order valence-electron chi connectivity index (χ3n) is 1.87. The highest BCUT2D eigenvalue weighted by Gasteiger charge is 1.87. The molecule has 0 atom stereocenters. The van der Waals surface area contributed by atoms with Crippen LogP contribution in [0.3, 0.4) is 0 Å². The normalized spacial score (nSPS) is 10.6. The van der Waals surface area contributed by atoms with Gasteiger partial charge in [-0.05, 0) is 51.9 Å². The van der Waals surface area contributed by atoms with Crippen molar-refractivity contribution in [2.45, 2.75) is 25.7 Å². The fourth-order valence-corrected chi connectivity index (χ4v) is 1.05. The molecule has 0 aromatic heterocycles. The first-order chi connectivity index (χ1) is 6.41. The Labute approximate surface area is 81.4 Å². The molecule has 6 N–H and O–H groups in total. The van der Waals surface area contributed by atoms with Gasteiger partial charge in [-0.1, -0.05) is 0 Å². The summed E-state index contributed by atoms with van der Waals surface area (Å²) in [6, 6.07) is 0. The molecule has 0 rings (SSSR count). The van der Waals surface area contributed by atoms with Gasteiger partial charge >= 0.3 is 0 Å². The zero-order valence-corrected chi connectivity index (χ0v) is 8.52. The molecule has 0 aromatic rings. The molecule has 0 radical (unpaired) electrons. The molecule has 80 valence electrons. The van der Waals surface area contributed by atoms with Crippen molar-refractivity contribution >= 4 is 0 Å². The first-order valence-corrected chi connectivity index (χ1v) is 5.23. The standard InChI is InChI=1S/C9H24N4/c10-5-1-3-7-12-9-13-8-4-2-6-11/h12-13H,1-11H2. The molecular formula is C9H24N4. The van der Waals surface area contributed by atoms with Crippen LogP contribution in [0.15, 0.2) is 0 Å². The van der Waals surface area contributed by atoms with Gasteiger partial charge in [0.25, 0.3) is 0 Å². The molecule has 0 amide bonds. The number of nitrogens with one attached hydrogen (secondary N) is 2. The molecule has 0 spiro atoms. The molecule has 0 aromatic carbocycles. The molecule has 4 nitrogen and oxygen atoms in total. The number of unbranched alkanes of at least 4 members (excludes halogenated alkanes) is 2. The van der Waals surface area contributed by atoms with E-state index in [1.807, 2.05) is 0 Å². The van der Waals surface area contributed by atoms with Gasteiger partial charge in [0.1, 0.15) is 0 Å². The summed E-state index contributed by atoms with van der Waals surface area (Å²) < 4.78 is 0. The second-order valence-corrected chi connectivity index (χ2v) is 3.17. The van der Waals surface area contributed by atoms with Gasteiger partial charge in [-0.15, -0.1) is 0 Å². The highest BCUT2D eigenvalue weighted by Crippen LogP contribution is 1.82. The van der Waals surface area contributed by atoms with Crippen molar-refractivity contribution in [2.75, 3.05) is 32.8 Å². The molecule has 13 heavy (non-hydrogen) atoms. The van der Waals surface area contributed by atoms with E-state index < -0.39 is 0 Å². The Morgan fingerprint density at radius 3 is 1.54 bits per heavy atom. The van der Waals surface area contributed by atoms with Gasteiger partial charge in [-0.2, -0.15) is 0 Å². The van der Waals surface area contributed by atoms with Crippen molar-refractivity contribution in [1.82, 2.24) is 10.6 Å². The van der Waals surface area contributed by atoms with Gasteiger partial charge in [0.2, 0.25) is 0 Å². The van der Waals surface area contributed by atoms with Crippen molar-refractivity contribution in [2.24, 2.45) is 11.5 Å². The minimum Gasteiger partial charge on any atom is -0.330 e. The van der Waals surface area contributed by atoms with Crippen LogP contribution >= 0.6 is 0 Å². The lowest BCUT2D eigenvalue weighted by Crippen LogP contribution is -2.30. The Morgan fingerprint density at radius 1 is 0.692 bits per heavy atom. The fraction of sp³-hybridized carbons (Fsp3) is 1.00. The monoisotopic (exact) mass is 188 g/mol. The van der Waals surface area contributed by atoms with Gasteiger partial charge < -0.3 is 22.1 Å². The van der Waals surface area contributed by atoms with E-state index in [0.29, 0.717) is 0 Å². The summed E-state index contributed by atoms with van der Waals surface area (Å²) >= 11 is 0. The van der Waals surface area contributed by atoms with Crippen LogP contribution in [0.1, 0.15) is 25.7 Å². The van der Waals surface area contributed by atoms with E-state index in [4.69, 9.17) is 11.5 Å². The van der Waals surface area contributed by atoms with Crippen LogP contribution in [0.5, 0.6) is 0 Å².